The van der Waals surface area contributed by atoms with E-state index >= 15 is 0 Å². The number of benzene rings is 2. The van der Waals surface area contributed by atoms with Gasteiger partial charge >= 0.3 is 18.4 Å². The summed E-state index contributed by atoms with van der Waals surface area (Å²) in [5, 5.41) is 2.65. The number of piperidine rings is 1. The van der Waals surface area contributed by atoms with Crippen LogP contribution in [-0.4, -0.2) is 71.4 Å². The molecule has 5 rings (SSSR count). The van der Waals surface area contributed by atoms with E-state index in [1.54, 1.807) is 17.9 Å². The molecule has 0 bridgehead atoms. The van der Waals surface area contributed by atoms with Crippen LogP contribution in [-0.2, 0) is 23.6 Å². The monoisotopic (exact) mass is 650 g/mol. The second-order valence-electron chi connectivity index (χ2n) is 11.6. The maximum Gasteiger partial charge on any atom is 0.416 e. The van der Waals surface area contributed by atoms with Crippen molar-refractivity contribution in [2.45, 2.75) is 69.5 Å². The summed E-state index contributed by atoms with van der Waals surface area (Å²) < 4.78 is 93.4. The number of aryl methyl sites for hydroxylation is 1. The minimum absolute atomic E-state index is 0. The molecule has 0 spiro atoms. The van der Waals surface area contributed by atoms with E-state index in [4.69, 9.17) is 0 Å². The number of carbonyl (C=O) groups is 2. The molecule has 1 aliphatic carbocycles. The molecule has 3 amide bonds. The fourth-order valence-corrected chi connectivity index (χ4v) is 6.20. The molecule has 0 radical (unpaired) electrons. The number of halogens is 8. The fourth-order valence-electron chi connectivity index (χ4n) is 6.20. The number of carbonyl (C=O) groups excluding carboxylic acids is 2. The van der Waals surface area contributed by atoms with Gasteiger partial charge in [-0.1, -0.05) is 6.07 Å². The van der Waals surface area contributed by atoms with Crippen molar-refractivity contribution >= 4 is 24.3 Å². The first-order chi connectivity index (χ1) is 20.2. The van der Waals surface area contributed by atoms with Crippen LogP contribution < -0.4 is 5.32 Å². The summed E-state index contributed by atoms with van der Waals surface area (Å²) in [7, 11) is 0. The largest absolute Gasteiger partial charge is 0.416 e. The first-order valence-corrected chi connectivity index (χ1v) is 14.3. The smallest absolute Gasteiger partial charge is 0.338 e. The number of nitrogens with one attached hydrogen (secondary N) is 1. The molecule has 2 heterocycles. The van der Waals surface area contributed by atoms with Gasteiger partial charge in [0.2, 0.25) is 5.91 Å². The fraction of sp³-hybridized carbons (Fsp3) is 0.533. The van der Waals surface area contributed by atoms with Crippen molar-refractivity contribution in [2.24, 2.45) is 0 Å². The van der Waals surface area contributed by atoms with Gasteiger partial charge in [-0.2, -0.15) is 26.3 Å². The average molecular weight is 651 g/mol. The zero-order chi connectivity index (χ0) is 31.1. The Hall–Kier alpha value is -3.06. The average Bonchev–Trinajstić information content (AvgIpc) is 3.77. The highest BCUT2D eigenvalue weighted by molar-refractivity contribution is 5.85. The maximum atomic E-state index is 13.9. The van der Waals surface area contributed by atoms with Crippen LogP contribution in [0.3, 0.4) is 0 Å². The van der Waals surface area contributed by atoms with Crippen molar-refractivity contribution in [1.29, 1.82) is 0 Å². The molecule has 1 N–H and O–H groups in total. The third-order valence-electron chi connectivity index (χ3n) is 8.55. The molecule has 242 valence electrons. The minimum Gasteiger partial charge on any atom is -0.338 e. The summed E-state index contributed by atoms with van der Waals surface area (Å²) in [5.74, 6) is -0.336. The SMILES string of the molecule is Cc1cc(F)ccc1C1CC(N2CCN(C3CC3)C(=O)C2)CCN1C(=O)NCCc1cc(C(F)(F)F)cc(C(F)(F)F)c1.Cl. The molecule has 3 aliphatic rings. The first-order valence-electron chi connectivity index (χ1n) is 14.3. The molecule has 2 aromatic rings. The minimum atomic E-state index is -4.96. The van der Waals surface area contributed by atoms with Crippen LogP contribution in [0.25, 0.3) is 0 Å². The molecule has 6 nitrogen and oxygen atoms in total. The number of nitrogens with zero attached hydrogens (tertiary/aromatic N) is 3. The summed E-state index contributed by atoms with van der Waals surface area (Å²) in [6, 6.07) is 5.03. The van der Waals surface area contributed by atoms with Gasteiger partial charge in [0.15, 0.2) is 0 Å². The molecule has 3 fully saturated rings. The Morgan fingerprint density at radius 2 is 1.57 bits per heavy atom. The topological polar surface area (TPSA) is 55.9 Å². The molecule has 14 heteroatoms. The number of urea groups is 1. The van der Waals surface area contributed by atoms with E-state index in [9.17, 15) is 40.3 Å². The van der Waals surface area contributed by atoms with Gasteiger partial charge in [0.05, 0.1) is 23.7 Å². The number of hydrogen-bond donors (Lipinski definition) is 1. The Bertz CT molecular complexity index is 1330. The normalized spacial score (nSPS) is 21.7. The van der Waals surface area contributed by atoms with Crippen LogP contribution in [0.2, 0.25) is 0 Å². The van der Waals surface area contributed by atoms with Crippen LogP contribution >= 0.6 is 12.4 Å². The van der Waals surface area contributed by atoms with Crippen molar-refractivity contribution in [3.8, 4) is 0 Å². The van der Waals surface area contributed by atoms with Crippen molar-refractivity contribution in [3.63, 3.8) is 0 Å². The van der Waals surface area contributed by atoms with Gasteiger partial charge in [-0.3, -0.25) is 9.69 Å². The van der Waals surface area contributed by atoms with E-state index in [1.807, 2.05) is 4.90 Å². The second-order valence-corrected chi connectivity index (χ2v) is 11.6. The zero-order valence-electron chi connectivity index (χ0n) is 24.0. The van der Waals surface area contributed by atoms with Gasteiger partial charge in [0.25, 0.3) is 0 Å². The van der Waals surface area contributed by atoms with Gasteiger partial charge in [0, 0.05) is 38.3 Å². The summed E-state index contributed by atoms with van der Waals surface area (Å²) >= 11 is 0. The molecule has 2 aromatic carbocycles. The number of alkyl halides is 6. The first kappa shape index (κ1) is 33.8. The lowest BCUT2D eigenvalue weighted by molar-refractivity contribution is -0.143. The van der Waals surface area contributed by atoms with E-state index < -0.39 is 41.4 Å². The molecule has 2 aliphatic heterocycles. The van der Waals surface area contributed by atoms with Crippen LogP contribution in [0.15, 0.2) is 36.4 Å². The lowest BCUT2D eigenvalue weighted by atomic mass is 9.88. The Kier molecular flexibility index (Phi) is 10.1. The standard InChI is InChI=1S/C30H33F7N4O2.ClH/c1-18-12-22(31)2-5-25(18)26-16-24(39-10-11-40(23-3-4-23)27(42)17-39)7-9-41(26)28(43)38-8-6-19-13-20(29(32,33)34)15-21(14-19)30(35,36)37;/h2,5,12-15,23-24,26H,3-4,6-11,16-17H2,1H3,(H,38,43);1H. The highest BCUT2D eigenvalue weighted by Gasteiger charge is 2.41. The van der Waals surface area contributed by atoms with Crippen LogP contribution in [0.4, 0.5) is 35.5 Å². The molecular weight excluding hydrogens is 617 g/mol. The Labute approximate surface area is 257 Å². The van der Waals surface area contributed by atoms with Crippen LogP contribution in [0.5, 0.6) is 0 Å². The van der Waals surface area contributed by atoms with Gasteiger partial charge in [-0.05, 0) is 86.1 Å². The van der Waals surface area contributed by atoms with Gasteiger partial charge in [-0.25, -0.2) is 9.18 Å². The van der Waals surface area contributed by atoms with Crippen molar-refractivity contribution in [2.75, 3.05) is 32.7 Å². The molecule has 0 aromatic heterocycles. The van der Waals surface area contributed by atoms with E-state index in [0.717, 1.165) is 18.4 Å². The number of piperazine rings is 1. The summed E-state index contributed by atoms with van der Waals surface area (Å²) in [6.07, 6.45) is -7.05. The highest BCUT2D eigenvalue weighted by Crippen LogP contribution is 2.38. The number of amides is 3. The Morgan fingerprint density at radius 3 is 2.14 bits per heavy atom. The van der Waals surface area contributed by atoms with E-state index in [2.05, 4.69) is 10.2 Å². The predicted molar refractivity (Wildman–Crippen MR) is 151 cm³/mol. The van der Waals surface area contributed by atoms with Gasteiger partial charge in [0.1, 0.15) is 5.82 Å². The zero-order valence-corrected chi connectivity index (χ0v) is 24.8. The van der Waals surface area contributed by atoms with E-state index in [0.29, 0.717) is 62.8 Å². The lowest BCUT2D eigenvalue weighted by Crippen LogP contribution is -2.57. The van der Waals surface area contributed by atoms with Gasteiger partial charge in [-0.15, -0.1) is 12.4 Å². The van der Waals surface area contributed by atoms with Crippen molar-refractivity contribution < 1.29 is 40.3 Å². The molecule has 1 saturated carbocycles. The Balaban J connectivity index is 0.00000442. The van der Waals surface area contributed by atoms with Gasteiger partial charge < -0.3 is 15.1 Å². The van der Waals surface area contributed by atoms with Crippen molar-refractivity contribution in [3.05, 3.63) is 70.0 Å². The van der Waals surface area contributed by atoms with E-state index in [-0.39, 0.29) is 49.0 Å². The molecule has 2 atom stereocenters. The molecule has 2 saturated heterocycles. The summed E-state index contributed by atoms with van der Waals surface area (Å²) in [5.41, 5.74) is -1.65. The number of rotatable bonds is 6. The van der Waals surface area contributed by atoms with Crippen LogP contribution in [0.1, 0.15) is 59.5 Å². The van der Waals surface area contributed by atoms with Crippen LogP contribution in [0, 0.1) is 12.7 Å². The number of hydrogen-bond acceptors (Lipinski definition) is 3. The summed E-state index contributed by atoms with van der Waals surface area (Å²) in [6.45, 7) is 3.50. The quantitative estimate of drug-likeness (QED) is 0.371. The Morgan fingerprint density at radius 1 is 0.909 bits per heavy atom. The predicted octanol–water partition coefficient (Wildman–Crippen LogP) is 6.36. The third-order valence-corrected chi connectivity index (χ3v) is 8.55. The maximum absolute atomic E-state index is 13.9. The molecule has 44 heavy (non-hydrogen) atoms. The van der Waals surface area contributed by atoms with Crippen molar-refractivity contribution in [1.82, 2.24) is 20.0 Å². The second kappa shape index (κ2) is 13.1. The molecule has 2 unspecified atom stereocenters. The molecular formula is C30H34ClF7N4O2. The van der Waals surface area contributed by atoms with E-state index in [1.165, 1.54) is 12.1 Å². The third kappa shape index (κ3) is 7.77. The lowest BCUT2D eigenvalue weighted by Gasteiger charge is -2.46. The highest BCUT2D eigenvalue weighted by atomic mass is 35.5. The number of likely N-dealkylation sites (tertiary alicyclic amines) is 1. The summed E-state index contributed by atoms with van der Waals surface area (Å²) in [4.78, 5) is 31.8.